The Morgan fingerprint density at radius 1 is 1.18 bits per heavy atom. The molecule has 2 fully saturated rings. The smallest absolute Gasteiger partial charge is 0.368 e. The van der Waals surface area contributed by atoms with Gasteiger partial charge in [0.2, 0.25) is 0 Å². The molecular formula is C20H19F6N5O3. The number of alkyl halides is 6. The molecule has 8 nitrogen and oxygen atoms in total. The molecule has 0 unspecified atom stereocenters. The van der Waals surface area contributed by atoms with Crippen molar-refractivity contribution in [3.05, 3.63) is 41.0 Å². The topological polar surface area (TPSA) is 112 Å². The fourth-order valence-corrected chi connectivity index (χ4v) is 4.00. The largest absolute Gasteiger partial charge is 0.420 e. The predicted molar refractivity (Wildman–Crippen MR) is 104 cm³/mol. The lowest BCUT2D eigenvalue weighted by Gasteiger charge is -2.22. The number of aromatic nitrogens is 3. The highest BCUT2D eigenvalue weighted by Gasteiger charge is 2.50. The number of pyridine rings is 1. The zero-order valence-corrected chi connectivity index (χ0v) is 17.4. The monoisotopic (exact) mass is 491 g/mol. The molecule has 0 aromatic carbocycles. The van der Waals surface area contributed by atoms with Crippen LogP contribution in [0.15, 0.2) is 18.3 Å². The molecule has 1 aliphatic heterocycles. The first-order valence-electron chi connectivity index (χ1n) is 10.3. The molecule has 1 saturated heterocycles. The fraction of sp³-hybridized carbons (Fsp3) is 0.500. The van der Waals surface area contributed by atoms with Crippen LogP contribution in [0.2, 0.25) is 0 Å². The Bertz CT molecular complexity index is 1110. The third-order valence-electron chi connectivity index (χ3n) is 5.66. The average molecular weight is 491 g/mol. The number of carbonyl (C=O) groups excluding carboxylic acids is 2. The lowest BCUT2D eigenvalue weighted by atomic mass is 10.0. The van der Waals surface area contributed by atoms with Gasteiger partial charge in [-0.05, 0) is 31.4 Å². The number of rotatable bonds is 6. The number of ether oxygens (including phenoxy) is 1. The maximum absolute atomic E-state index is 14.0. The van der Waals surface area contributed by atoms with E-state index in [0.29, 0.717) is 17.5 Å². The number of hydrogen-bond donors (Lipinski definition) is 2. The van der Waals surface area contributed by atoms with E-state index in [9.17, 15) is 35.9 Å². The first-order valence-corrected chi connectivity index (χ1v) is 10.3. The van der Waals surface area contributed by atoms with E-state index in [2.05, 4.69) is 15.4 Å². The van der Waals surface area contributed by atoms with Gasteiger partial charge >= 0.3 is 12.4 Å². The maximum atomic E-state index is 14.0. The Morgan fingerprint density at radius 3 is 2.47 bits per heavy atom. The Balaban J connectivity index is 1.74. The number of carbonyl (C=O) groups is 2. The second-order valence-electron chi connectivity index (χ2n) is 8.19. The van der Waals surface area contributed by atoms with E-state index in [4.69, 9.17) is 10.5 Å². The second kappa shape index (κ2) is 8.56. The quantitative estimate of drug-likeness (QED) is 0.601. The third-order valence-corrected chi connectivity index (χ3v) is 5.66. The second-order valence-corrected chi connectivity index (χ2v) is 8.19. The van der Waals surface area contributed by atoms with Crippen molar-refractivity contribution in [3.63, 3.8) is 0 Å². The molecule has 1 aliphatic carbocycles. The number of anilines is 1. The summed E-state index contributed by atoms with van der Waals surface area (Å²) in [6.45, 7) is -0.808. The van der Waals surface area contributed by atoms with Crippen molar-refractivity contribution in [2.75, 3.05) is 11.9 Å². The van der Waals surface area contributed by atoms with E-state index in [1.165, 1.54) is 6.07 Å². The van der Waals surface area contributed by atoms with E-state index in [1.807, 2.05) is 0 Å². The Hall–Kier alpha value is -3.16. The molecule has 2 amide bonds. The predicted octanol–water partition coefficient (Wildman–Crippen LogP) is 3.49. The zero-order valence-electron chi connectivity index (χ0n) is 17.4. The van der Waals surface area contributed by atoms with E-state index in [-0.39, 0.29) is 30.1 Å². The van der Waals surface area contributed by atoms with Crippen molar-refractivity contribution in [2.24, 2.45) is 11.7 Å². The van der Waals surface area contributed by atoms with Gasteiger partial charge in [-0.3, -0.25) is 19.3 Å². The van der Waals surface area contributed by atoms with Crippen LogP contribution in [0.4, 0.5) is 32.0 Å². The number of nitrogens with one attached hydrogen (secondary N) is 1. The summed E-state index contributed by atoms with van der Waals surface area (Å²) in [5.41, 5.74) is 2.27. The summed E-state index contributed by atoms with van der Waals surface area (Å²) in [6.07, 6.45) is -9.96. The molecule has 2 aromatic rings. The summed E-state index contributed by atoms with van der Waals surface area (Å²) in [7, 11) is 0. The molecule has 2 aromatic heterocycles. The van der Waals surface area contributed by atoms with E-state index < -0.39 is 59.9 Å². The average Bonchev–Trinajstić information content (AvgIpc) is 3.32. The van der Waals surface area contributed by atoms with Gasteiger partial charge in [0.25, 0.3) is 11.8 Å². The first kappa shape index (κ1) is 24.0. The molecule has 184 valence electrons. The molecule has 0 bridgehead atoms. The maximum Gasteiger partial charge on any atom is 0.420 e. The minimum absolute atomic E-state index is 0.0580. The van der Waals surface area contributed by atoms with E-state index in [0.717, 1.165) is 12.3 Å². The number of primary amides is 1. The van der Waals surface area contributed by atoms with Gasteiger partial charge in [0.15, 0.2) is 6.10 Å². The highest BCUT2D eigenvalue weighted by atomic mass is 19.4. The van der Waals surface area contributed by atoms with Crippen molar-refractivity contribution in [1.29, 1.82) is 0 Å². The van der Waals surface area contributed by atoms with Crippen molar-refractivity contribution < 1.29 is 40.7 Å². The number of halogens is 6. The van der Waals surface area contributed by atoms with Crippen LogP contribution in [-0.2, 0) is 17.5 Å². The molecule has 2 atom stereocenters. The van der Waals surface area contributed by atoms with Gasteiger partial charge < -0.3 is 15.8 Å². The van der Waals surface area contributed by atoms with Crippen molar-refractivity contribution >= 4 is 17.5 Å². The van der Waals surface area contributed by atoms with Crippen molar-refractivity contribution in [1.82, 2.24) is 14.8 Å². The van der Waals surface area contributed by atoms with Crippen molar-refractivity contribution in [3.8, 4) is 0 Å². The zero-order chi connectivity index (χ0) is 24.8. The van der Waals surface area contributed by atoms with E-state index >= 15 is 0 Å². The molecule has 0 radical (unpaired) electrons. The van der Waals surface area contributed by atoms with Gasteiger partial charge in [-0.2, -0.15) is 31.4 Å². The molecular weight excluding hydrogens is 472 g/mol. The minimum Gasteiger partial charge on any atom is -0.368 e. The standard InChI is InChI=1S/C20H19F6N5O3/c21-19(22,23)13-14(9-1-2-9)30-31(8-10-4-6-34-16(10)20(24,25)26)15(13)18(33)29-11-3-5-28-12(7-11)17(27)32/h3,5,7,9-10,16H,1-2,4,6,8H2,(H2,27,32)(H,28,29,33)/t10-,16-/m1/s1. The van der Waals surface area contributed by atoms with Gasteiger partial charge in [0, 0.05) is 36.9 Å². The molecule has 34 heavy (non-hydrogen) atoms. The Labute approximate surface area is 188 Å². The van der Waals surface area contributed by atoms with Gasteiger partial charge in [-0.15, -0.1) is 0 Å². The minimum atomic E-state index is -4.98. The van der Waals surface area contributed by atoms with Crippen LogP contribution < -0.4 is 11.1 Å². The summed E-state index contributed by atoms with van der Waals surface area (Å²) >= 11 is 0. The van der Waals surface area contributed by atoms with Crippen LogP contribution in [0.1, 0.15) is 57.4 Å². The van der Waals surface area contributed by atoms with Crippen LogP contribution in [0.3, 0.4) is 0 Å². The first-order chi connectivity index (χ1) is 15.9. The fourth-order valence-electron chi connectivity index (χ4n) is 4.00. The lowest BCUT2D eigenvalue weighted by molar-refractivity contribution is -0.217. The van der Waals surface area contributed by atoms with Gasteiger partial charge in [0.05, 0.1) is 5.69 Å². The molecule has 4 rings (SSSR count). The Morgan fingerprint density at radius 2 is 1.88 bits per heavy atom. The van der Waals surface area contributed by atoms with Crippen LogP contribution in [0.25, 0.3) is 0 Å². The molecule has 3 heterocycles. The highest BCUT2D eigenvalue weighted by molar-refractivity contribution is 6.05. The van der Waals surface area contributed by atoms with Gasteiger partial charge in [-0.25, -0.2) is 0 Å². The van der Waals surface area contributed by atoms with Crippen molar-refractivity contribution in [2.45, 2.75) is 50.2 Å². The summed E-state index contributed by atoms with van der Waals surface area (Å²) in [5, 5.41) is 6.20. The summed E-state index contributed by atoms with van der Waals surface area (Å²) in [5.74, 6) is -3.92. The summed E-state index contributed by atoms with van der Waals surface area (Å²) in [6, 6.07) is 2.30. The van der Waals surface area contributed by atoms with Gasteiger partial charge in [-0.1, -0.05) is 0 Å². The van der Waals surface area contributed by atoms with Crippen LogP contribution in [0.5, 0.6) is 0 Å². The molecule has 1 saturated carbocycles. The summed E-state index contributed by atoms with van der Waals surface area (Å²) in [4.78, 5) is 28.0. The Kier molecular flexibility index (Phi) is 6.04. The number of nitrogens with two attached hydrogens (primary N) is 1. The van der Waals surface area contributed by atoms with Crippen LogP contribution >= 0.6 is 0 Å². The molecule has 0 spiro atoms. The lowest BCUT2D eigenvalue weighted by Crippen LogP contribution is -2.36. The number of amides is 2. The highest BCUT2D eigenvalue weighted by Crippen LogP contribution is 2.47. The summed E-state index contributed by atoms with van der Waals surface area (Å²) < 4.78 is 87.6. The number of hydrogen-bond acceptors (Lipinski definition) is 5. The molecule has 14 heteroatoms. The van der Waals surface area contributed by atoms with Crippen LogP contribution in [0, 0.1) is 5.92 Å². The molecule has 2 aliphatic rings. The third kappa shape index (κ3) is 4.86. The van der Waals surface area contributed by atoms with Gasteiger partial charge in [0.1, 0.15) is 17.0 Å². The SMILES string of the molecule is NC(=O)c1cc(NC(=O)c2c(C(F)(F)F)c(C3CC3)nn2C[C@H]2CCO[C@H]2C(F)(F)F)ccn1. The normalized spacial score (nSPS) is 21.0. The van der Waals surface area contributed by atoms with Crippen LogP contribution in [-0.4, -0.2) is 45.5 Å². The van der Waals surface area contributed by atoms with E-state index in [1.54, 1.807) is 0 Å². The number of nitrogens with zero attached hydrogens (tertiary/aromatic N) is 3. The molecule has 3 N–H and O–H groups in total.